The molecule has 7 heteroatoms. The summed E-state index contributed by atoms with van der Waals surface area (Å²) in [5, 5.41) is 3.43. The average Bonchev–Trinajstić information content (AvgIpc) is 2.86. The van der Waals surface area contributed by atoms with Gasteiger partial charge in [0.1, 0.15) is 5.75 Å². The number of aromatic nitrogens is 2. The number of rotatable bonds is 6. The molecule has 4 aromatic rings. The predicted octanol–water partition coefficient (Wildman–Crippen LogP) is 5.40. The van der Waals surface area contributed by atoms with Crippen molar-refractivity contribution in [2.24, 2.45) is 0 Å². The Labute approximate surface area is 204 Å². The first-order valence-electron chi connectivity index (χ1n) is 11.2. The van der Waals surface area contributed by atoms with Gasteiger partial charge in [-0.25, -0.2) is 9.78 Å². The highest BCUT2D eigenvalue weighted by Crippen LogP contribution is 2.31. The van der Waals surface area contributed by atoms with Gasteiger partial charge in [-0.2, -0.15) is 0 Å². The first-order chi connectivity index (χ1) is 16.8. The van der Waals surface area contributed by atoms with Crippen molar-refractivity contribution in [3.63, 3.8) is 0 Å². The van der Waals surface area contributed by atoms with Crippen molar-refractivity contribution < 1.29 is 19.1 Å². The monoisotopic (exact) mass is 469 g/mol. The van der Waals surface area contributed by atoms with E-state index in [1.807, 2.05) is 54.6 Å². The molecular formula is C28H27N3O4. The maximum Gasteiger partial charge on any atom is 0.339 e. The van der Waals surface area contributed by atoms with Crippen LogP contribution in [0.15, 0.2) is 72.9 Å². The smallest absolute Gasteiger partial charge is 0.339 e. The van der Waals surface area contributed by atoms with E-state index < -0.39 is 18.5 Å². The van der Waals surface area contributed by atoms with Gasteiger partial charge in [0.25, 0.3) is 5.91 Å². The molecule has 2 aromatic carbocycles. The normalized spacial score (nSPS) is 11.2. The van der Waals surface area contributed by atoms with Crippen molar-refractivity contribution >= 4 is 28.5 Å². The summed E-state index contributed by atoms with van der Waals surface area (Å²) in [5.41, 5.74) is 3.59. The van der Waals surface area contributed by atoms with Crippen LogP contribution in [0.25, 0.3) is 22.3 Å². The molecule has 2 heterocycles. The van der Waals surface area contributed by atoms with Crippen LogP contribution in [0.3, 0.4) is 0 Å². The molecule has 0 radical (unpaired) electrons. The zero-order valence-corrected chi connectivity index (χ0v) is 20.2. The Kier molecular flexibility index (Phi) is 6.78. The minimum Gasteiger partial charge on any atom is -0.495 e. The molecule has 0 saturated heterocycles. The van der Waals surface area contributed by atoms with E-state index in [0.717, 1.165) is 5.56 Å². The Balaban J connectivity index is 1.54. The van der Waals surface area contributed by atoms with Crippen molar-refractivity contribution in [3.05, 3.63) is 84.1 Å². The molecule has 0 saturated carbocycles. The summed E-state index contributed by atoms with van der Waals surface area (Å²) < 4.78 is 10.8. The van der Waals surface area contributed by atoms with E-state index >= 15 is 0 Å². The molecule has 0 fully saturated rings. The Hall–Kier alpha value is -4.26. The number of nitrogens with zero attached hydrogens (tertiary/aromatic N) is 2. The van der Waals surface area contributed by atoms with Crippen LogP contribution in [-0.4, -0.2) is 35.6 Å². The minimum atomic E-state index is -0.619. The molecule has 35 heavy (non-hydrogen) atoms. The molecule has 0 unspecified atom stereocenters. The van der Waals surface area contributed by atoms with Crippen molar-refractivity contribution in [1.29, 1.82) is 0 Å². The van der Waals surface area contributed by atoms with E-state index in [2.05, 4.69) is 36.1 Å². The summed E-state index contributed by atoms with van der Waals surface area (Å²) in [6.07, 6.45) is 1.66. The number of carbonyl (C=O) groups is 2. The Bertz CT molecular complexity index is 1380. The summed E-state index contributed by atoms with van der Waals surface area (Å²) in [4.78, 5) is 34.6. The summed E-state index contributed by atoms with van der Waals surface area (Å²) in [6, 6.07) is 20.0. The highest BCUT2D eigenvalue weighted by Gasteiger charge is 2.19. The lowest BCUT2D eigenvalue weighted by Gasteiger charge is -2.21. The van der Waals surface area contributed by atoms with E-state index in [1.54, 1.807) is 18.3 Å². The summed E-state index contributed by atoms with van der Waals surface area (Å²) in [5.74, 6) is -0.560. The number of pyridine rings is 2. The molecule has 1 N–H and O–H groups in total. The number of ether oxygens (including phenoxy) is 2. The number of hydrogen-bond acceptors (Lipinski definition) is 6. The standard InChI is InChI=1S/C28H27N3O4/c1-28(2,3)18-12-13-25(34-4)24(15-18)31-26(32)17-35-27(33)20-16-23(22-11-7-8-14-29-22)30-21-10-6-5-9-19(20)21/h5-16H,17H2,1-4H3,(H,31,32). The van der Waals surface area contributed by atoms with E-state index in [4.69, 9.17) is 9.47 Å². The van der Waals surface area contributed by atoms with Gasteiger partial charge in [0.05, 0.1) is 35.3 Å². The lowest BCUT2D eigenvalue weighted by Crippen LogP contribution is -2.22. The van der Waals surface area contributed by atoms with E-state index in [-0.39, 0.29) is 5.41 Å². The summed E-state index contributed by atoms with van der Waals surface area (Å²) >= 11 is 0. The molecule has 7 nitrogen and oxygen atoms in total. The van der Waals surface area contributed by atoms with Crippen molar-refractivity contribution in [3.8, 4) is 17.1 Å². The molecule has 0 aliphatic carbocycles. The maximum atomic E-state index is 13.0. The first-order valence-corrected chi connectivity index (χ1v) is 11.2. The molecule has 0 bridgehead atoms. The molecule has 0 aliphatic heterocycles. The average molecular weight is 470 g/mol. The number of hydrogen-bond donors (Lipinski definition) is 1. The van der Waals surface area contributed by atoms with Gasteiger partial charge in [-0.15, -0.1) is 0 Å². The van der Waals surface area contributed by atoms with Crippen LogP contribution in [0.4, 0.5) is 5.69 Å². The number of amides is 1. The van der Waals surface area contributed by atoms with Gasteiger partial charge in [0.15, 0.2) is 6.61 Å². The number of fused-ring (bicyclic) bond motifs is 1. The Morgan fingerprint density at radius 3 is 2.43 bits per heavy atom. The zero-order chi connectivity index (χ0) is 25.0. The van der Waals surface area contributed by atoms with Gasteiger partial charge in [0, 0.05) is 11.6 Å². The number of esters is 1. The molecule has 0 atom stereocenters. The second-order valence-electron chi connectivity index (χ2n) is 9.08. The third kappa shape index (κ3) is 5.46. The van der Waals surface area contributed by atoms with E-state index in [9.17, 15) is 9.59 Å². The fraction of sp³-hybridized carbons (Fsp3) is 0.214. The topological polar surface area (TPSA) is 90.4 Å². The van der Waals surface area contributed by atoms with E-state index in [1.165, 1.54) is 7.11 Å². The van der Waals surface area contributed by atoms with Crippen LogP contribution in [0.5, 0.6) is 5.75 Å². The van der Waals surface area contributed by atoms with Crippen LogP contribution < -0.4 is 10.1 Å². The molecular weight excluding hydrogens is 442 g/mol. The second-order valence-corrected chi connectivity index (χ2v) is 9.08. The summed E-state index contributed by atoms with van der Waals surface area (Å²) in [7, 11) is 1.54. The van der Waals surface area contributed by atoms with Crippen molar-refractivity contribution in [1.82, 2.24) is 9.97 Å². The van der Waals surface area contributed by atoms with Crippen LogP contribution in [-0.2, 0) is 14.9 Å². The fourth-order valence-corrected chi connectivity index (χ4v) is 3.66. The summed E-state index contributed by atoms with van der Waals surface area (Å²) in [6.45, 7) is 5.80. The number of benzene rings is 2. The van der Waals surface area contributed by atoms with Crippen molar-refractivity contribution in [2.45, 2.75) is 26.2 Å². The Morgan fingerprint density at radius 2 is 1.71 bits per heavy atom. The van der Waals surface area contributed by atoms with Gasteiger partial charge in [-0.3, -0.25) is 9.78 Å². The Morgan fingerprint density at radius 1 is 0.943 bits per heavy atom. The van der Waals surface area contributed by atoms with E-state index in [0.29, 0.717) is 39.3 Å². The second kappa shape index (κ2) is 9.93. The quantitative estimate of drug-likeness (QED) is 0.380. The predicted molar refractivity (Wildman–Crippen MR) is 136 cm³/mol. The van der Waals surface area contributed by atoms with Gasteiger partial charge < -0.3 is 14.8 Å². The van der Waals surface area contributed by atoms with Crippen LogP contribution in [0.2, 0.25) is 0 Å². The largest absolute Gasteiger partial charge is 0.495 e. The number of anilines is 1. The van der Waals surface area contributed by atoms with Crippen LogP contribution in [0, 0.1) is 0 Å². The van der Waals surface area contributed by atoms with Gasteiger partial charge in [-0.05, 0) is 47.4 Å². The third-order valence-electron chi connectivity index (χ3n) is 5.54. The molecule has 4 rings (SSSR count). The fourth-order valence-electron chi connectivity index (χ4n) is 3.66. The highest BCUT2D eigenvalue weighted by molar-refractivity contribution is 6.05. The number of nitrogens with one attached hydrogen (secondary N) is 1. The molecule has 0 aliphatic rings. The minimum absolute atomic E-state index is 0.105. The lowest BCUT2D eigenvalue weighted by molar-refractivity contribution is -0.119. The zero-order valence-electron chi connectivity index (χ0n) is 20.2. The van der Waals surface area contributed by atoms with Gasteiger partial charge in [-0.1, -0.05) is 51.1 Å². The number of para-hydroxylation sites is 1. The maximum absolute atomic E-state index is 13.0. The third-order valence-corrected chi connectivity index (χ3v) is 5.54. The SMILES string of the molecule is COc1ccc(C(C)(C)C)cc1NC(=O)COC(=O)c1cc(-c2ccccn2)nc2ccccc12. The number of carbonyl (C=O) groups excluding carboxylic acids is 2. The lowest BCUT2D eigenvalue weighted by atomic mass is 9.87. The highest BCUT2D eigenvalue weighted by atomic mass is 16.5. The first kappa shape index (κ1) is 23.9. The van der Waals surface area contributed by atoms with Gasteiger partial charge in [0.2, 0.25) is 0 Å². The van der Waals surface area contributed by atoms with Crippen LogP contribution in [0.1, 0.15) is 36.7 Å². The molecule has 0 spiro atoms. The molecule has 178 valence electrons. The van der Waals surface area contributed by atoms with Crippen LogP contribution >= 0.6 is 0 Å². The molecule has 1 amide bonds. The van der Waals surface area contributed by atoms with Crippen molar-refractivity contribution in [2.75, 3.05) is 19.0 Å². The number of methoxy groups -OCH3 is 1. The van der Waals surface area contributed by atoms with Gasteiger partial charge >= 0.3 is 5.97 Å². The molecule has 2 aromatic heterocycles.